The van der Waals surface area contributed by atoms with Crippen molar-refractivity contribution in [3.05, 3.63) is 35.1 Å². The van der Waals surface area contributed by atoms with Crippen molar-refractivity contribution in [2.45, 2.75) is 18.9 Å². The molecule has 1 aromatic rings. The van der Waals surface area contributed by atoms with Crippen molar-refractivity contribution in [3.63, 3.8) is 0 Å². The molecule has 0 nitrogen and oxygen atoms in total. The minimum atomic E-state index is -4.41. The van der Waals surface area contributed by atoms with Crippen molar-refractivity contribution in [1.82, 2.24) is 0 Å². The maximum absolute atomic E-state index is 12.8. The molecule has 0 aliphatic rings. The molecular weight excluding hydrogens is 264 g/mol. The van der Waals surface area contributed by atoms with Crippen molar-refractivity contribution in [2.75, 3.05) is 0 Å². The van der Waals surface area contributed by atoms with Crippen LogP contribution in [0.25, 0.3) is 0 Å². The Labute approximate surface area is 88.1 Å². The predicted molar refractivity (Wildman–Crippen MR) is 50.8 cm³/mol. The summed E-state index contributed by atoms with van der Waals surface area (Å²) in [6.07, 6.45) is -4.41. The Kier molecular flexibility index (Phi) is 4.58. The van der Waals surface area contributed by atoms with E-state index in [-0.39, 0.29) is 18.3 Å². The fourth-order valence-electron chi connectivity index (χ4n) is 0.853. The van der Waals surface area contributed by atoms with Crippen molar-refractivity contribution in [3.8, 4) is 0 Å². The van der Waals surface area contributed by atoms with E-state index in [0.717, 1.165) is 18.2 Å². The predicted octanol–water partition coefficient (Wildman–Crippen LogP) is 4.38. The van der Waals surface area contributed by atoms with E-state index < -0.39 is 17.6 Å². The van der Waals surface area contributed by atoms with Crippen molar-refractivity contribution in [1.29, 1.82) is 0 Å². The summed E-state index contributed by atoms with van der Waals surface area (Å²) >= 11 is 2.90. The van der Waals surface area contributed by atoms with Gasteiger partial charge in [0.15, 0.2) is 0 Å². The van der Waals surface area contributed by atoms with E-state index in [2.05, 4.69) is 15.9 Å². The molecule has 0 unspecified atom stereocenters. The molecular formula is C9H9BrF4. The topological polar surface area (TPSA) is 0 Å². The molecule has 14 heavy (non-hydrogen) atoms. The first-order chi connectivity index (χ1) is 5.95. The molecule has 0 radical (unpaired) electrons. The third-order valence-corrected chi connectivity index (χ3v) is 2.12. The number of rotatable bonds is 1. The standard InChI is InChI=1S/C8H5BrF4.CH4/c9-4-5-3-6(8(11,12)13)1-2-7(5)10;/h1-3H,4H2;1H4. The molecule has 0 aromatic heterocycles. The summed E-state index contributed by atoms with van der Waals surface area (Å²) in [6.45, 7) is 0. The van der Waals surface area contributed by atoms with Crippen LogP contribution >= 0.6 is 15.9 Å². The Bertz CT molecular complexity index is 306. The maximum Gasteiger partial charge on any atom is 0.416 e. The monoisotopic (exact) mass is 272 g/mol. The molecule has 1 aromatic carbocycles. The lowest BCUT2D eigenvalue weighted by molar-refractivity contribution is -0.137. The third-order valence-electron chi connectivity index (χ3n) is 1.52. The van der Waals surface area contributed by atoms with Gasteiger partial charge in [0, 0.05) is 5.33 Å². The first-order valence-electron chi connectivity index (χ1n) is 3.36. The molecule has 0 amide bonds. The van der Waals surface area contributed by atoms with Gasteiger partial charge in [0.1, 0.15) is 5.82 Å². The van der Waals surface area contributed by atoms with Crippen LogP contribution in [0, 0.1) is 5.82 Å². The summed E-state index contributed by atoms with van der Waals surface area (Å²) in [5, 5.41) is 0.0722. The lowest BCUT2D eigenvalue weighted by Gasteiger charge is -2.07. The second-order valence-electron chi connectivity index (χ2n) is 2.44. The number of benzene rings is 1. The highest BCUT2D eigenvalue weighted by Crippen LogP contribution is 2.30. The summed E-state index contributed by atoms with van der Waals surface area (Å²) in [6, 6.07) is 2.34. The smallest absolute Gasteiger partial charge is 0.207 e. The minimum Gasteiger partial charge on any atom is -0.207 e. The number of alkyl halides is 4. The van der Waals surface area contributed by atoms with Crippen LogP contribution in [0.2, 0.25) is 0 Å². The van der Waals surface area contributed by atoms with Gasteiger partial charge in [-0.25, -0.2) is 4.39 Å². The molecule has 0 aliphatic carbocycles. The summed E-state index contributed by atoms with van der Waals surface area (Å²) in [4.78, 5) is 0. The molecule has 0 spiro atoms. The van der Waals surface area contributed by atoms with E-state index in [4.69, 9.17) is 0 Å². The van der Waals surface area contributed by atoms with E-state index in [0.29, 0.717) is 0 Å². The van der Waals surface area contributed by atoms with Gasteiger partial charge < -0.3 is 0 Å². The highest BCUT2D eigenvalue weighted by Gasteiger charge is 2.30. The Hall–Kier alpha value is -0.580. The average molecular weight is 273 g/mol. The van der Waals surface area contributed by atoms with Crippen LogP contribution in [-0.2, 0) is 11.5 Å². The number of hydrogen-bond donors (Lipinski definition) is 0. The molecule has 0 saturated heterocycles. The van der Waals surface area contributed by atoms with E-state index in [1.165, 1.54) is 0 Å². The lowest BCUT2D eigenvalue weighted by Crippen LogP contribution is -2.05. The first-order valence-corrected chi connectivity index (χ1v) is 4.49. The second-order valence-corrected chi connectivity index (χ2v) is 3.00. The van der Waals surface area contributed by atoms with Gasteiger partial charge in [-0.05, 0) is 23.8 Å². The van der Waals surface area contributed by atoms with Crippen LogP contribution in [-0.4, -0.2) is 0 Å². The van der Waals surface area contributed by atoms with Crippen LogP contribution < -0.4 is 0 Å². The number of halogens is 5. The molecule has 80 valence electrons. The Morgan fingerprint density at radius 3 is 2.21 bits per heavy atom. The first kappa shape index (κ1) is 13.4. The molecule has 0 fully saturated rings. The molecule has 0 N–H and O–H groups in total. The molecule has 0 atom stereocenters. The van der Waals surface area contributed by atoms with Crippen LogP contribution in [0.15, 0.2) is 18.2 Å². The lowest BCUT2D eigenvalue weighted by atomic mass is 10.1. The molecule has 1 rings (SSSR count). The summed E-state index contributed by atoms with van der Waals surface area (Å²) in [5.41, 5.74) is -0.821. The summed E-state index contributed by atoms with van der Waals surface area (Å²) < 4.78 is 49.1. The maximum atomic E-state index is 12.8. The SMILES string of the molecule is C.Fc1ccc(C(F)(F)F)cc1CBr. The van der Waals surface area contributed by atoms with Crippen LogP contribution in [0.5, 0.6) is 0 Å². The third kappa shape index (κ3) is 2.97. The van der Waals surface area contributed by atoms with Crippen LogP contribution in [0.4, 0.5) is 17.6 Å². The van der Waals surface area contributed by atoms with Gasteiger partial charge in [0.05, 0.1) is 5.56 Å². The highest BCUT2D eigenvalue weighted by atomic mass is 79.9. The van der Waals surface area contributed by atoms with Crippen LogP contribution in [0.1, 0.15) is 18.6 Å². The minimum absolute atomic E-state index is 0. The normalized spacial score (nSPS) is 10.9. The molecule has 0 saturated carbocycles. The zero-order chi connectivity index (χ0) is 10.1. The molecule has 0 aliphatic heterocycles. The van der Waals surface area contributed by atoms with Gasteiger partial charge in [0.2, 0.25) is 0 Å². The van der Waals surface area contributed by atoms with Crippen molar-refractivity contribution < 1.29 is 17.6 Å². The van der Waals surface area contributed by atoms with E-state index in [9.17, 15) is 17.6 Å². The molecule has 0 heterocycles. The van der Waals surface area contributed by atoms with E-state index in [1.807, 2.05) is 0 Å². The van der Waals surface area contributed by atoms with Crippen LogP contribution in [0.3, 0.4) is 0 Å². The van der Waals surface area contributed by atoms with Crippen molar-refractivity contribution in [2.24, 2.45) is 0 Å². The van der Waals surface area contributed by atoms with Gasteiger partial charge in [-0.3, -0.25) is 0 Å². The van der Waals surface area contributed by atoms with Gasteiger partial charge in [0.25, 0.3) is 0 Å². The summed E-state index contributed by atoms with van der Waals surface area (Å²) in [5.74, 6) is -0.634. The second kappa shape index (κ2) is 4.77. The van der Waals surface area contributed by atoms with Gasteiger partial charge in [-0.15, -0.1) is 0 Å². The van der Waals surface area contributed by atoms with Gasteiger partial charge in [-0.1, -0.05) is 23.4 Å². The van der Waals surface area contributed by atoms with E-state index >= 15 is 0 Å². The zero-order valence-electron chi connectivity index (χ0n) is 6.33. The van der Waals surface area contributed by atoms with Crippen molar-refractivity contribution >= 4 is 15.9 Å². The fourth-order valence-corrected chi connectivity index (χ4v) is 1.28. The Morgan fingerprint density at radius 2 is 1.79 bits per heavy atom. The average Bonchev–Trinajstić information content (AvgIpc) is 2.03. The molecule has 5 heteroatoms. The Balaban J connectivity index is 0.00000169. The van der Waals surface area contributed by atoms with Gasteiger partial charge in [-0.2, -0.15) is 13.2 Å². The Morgan fingerprint density at radius 1 is 1.21 bits per heavy atom. The zero-order valence-corrected chi connectivity index (χ0v) is 7.91. The molecule has 0 bridgehead atoms. The highest BCUT2D eigenvalue weighted by molar-refractivity contribution is 9.08. The van der Waals surface area contributed by atoms with E-state index in [1.54, 1.807) is 0 Å². The fraction of sp³-hybridized carbons (Fsp3) is 0.333. The van der Waals surface area contributed by atoms with Gasteiger partial charge >= 0.3 is 6.18 Å². The largest absolute Gasteiger partial charge is 0.416 e. The number of hydrogen-bond acceptors (Lipinski definition) is 0. The quantitative estimate of drug-likeness (QED) is 0.526. The summed E-state index contributed by atoms with van der Waals surface area (Å²) in [7, 11) is 0.